The number of anilines is 3. The van der Waals surface area contributed by atoms with E-state index in [2.05, 4.69) is 42.6 Å². The summed E-state index contributed by atoms with van der Waals surface area (Å²) < 4.78 is 6.16. The Labute approximate surface area is 124 Å². The lowest BCUT2D eigenvalue weighted by Gasteiger charge is -2.13. The van der Waals surface area contributed by atoms with E-state index >= 15 is 0 Å². The molecule has 102 valence electrons. The zero-order chi connectivity index (χ0) is 14.5. The molecule has 0 aliphatic rings. The summed E-state index contributed by atoms with van der Waals surface area (Å²) in [5.41, 5.74) is 1.15. The van der Waals surface area contributed by atoms with Gasteiger partial charge in [0, 0.05) is 11.5 Å². The van der Waals surface area contributed by atoms with Gasteiger partial charge in [-0.15, -0.1) is 0 Å². The van der Waals surface area contributed by atoms with Gasteiger partial charge in [0.2, 0.25) is 5.75 Å². The van der Waals surface area contributed by atoms with Gasteiger partial charge in [0.25, 0.3) is 0 Å². The van der Waals surface area contributed by atoms with Crippen molar-refractivity contribution in [2.24, 2.45) is 0 Å². The van der Waals surface area contributed by atoms with Crippen LogP contribution in [0.2, 0.25) is 0 Å². The quantitative estimate of drug-likeness (QED) is 0.895. The summed E-state index contributed by atoms with van der Waals surface area (Å²) >= 11 is 3.38. The first kappa shape index (κ1) is 14.1. The van der Waals surface area contributed by atoms with Gasteiger partial charge in [-0.05, 0) is 18.2 Å². The number of hydrogen-bond acceptors (Lipinski definition) is 6. The first-order chi connectivity index (χ1) is 9.69. The molecule has 1 aromatic carbocycles. The minimum Gasteiger partial charge on any atom is -0.490 e. The van der Waals surface area contributed by atoms with Gasteiger partial charge >= 0.3 is 0 Å². The molecule has 6 nitrogen and oxygen atoms in total. The molecule has 0 aliphatic carbocycles. The Morgan fingerprint density at radius 3 is 2.70 bits per heavy atom. The number of ether oxygens (including phenoxy) is 1. The van der Waals surface area contributed by atoms with Gasteiger partial charge in [0.05, 0.1) is 18.4 Å². The molecule has 20 heavy (non-hydrogen) atoms. The Kier molecular flexibility index (Phi) is 4.38. The van der Waals surface area contributed by atoms with Crippen molar-refractivity contribution in [3.8, 4) is 11.8 Å². The molecular weight excluding hydrogens is 322 g/mol. The van der Waals surface area contributed by atoms with Crippen LogP contribution >= 0.6 is 15.9 Å². The lowest BCUT2D eigenvalue weighted by atomic mass is 10.2. The Hall–Kier alpha value is -2.33. The second-order valence-electron chi connectivity index (χ2n) is 3.78. The highest BCUT2D eigenvalue weighted by Gasteiger charge is 2.13. The zero-order valence-electron chi connectivity index (χ0n) is 10.9. The van der Waals surface area contributed by atoms with Gasteiger partial charge in [0.1, 0.15) is 12.4 Å². The maximum Gasteiger partial charge on any atom is 0.204 e. The van der Waals surface area contributed by atoms with Crippen LogP contribution in [0.1, 0.15) is 5.56 Å². The van der Waals surface area contributed by atoms with Crippen LogP contribution in [0.25, 0.3) is 0 Å². The van der Waals surface area contributed by atoms with E-state index in [-0.39, 0.29) is 0 Å². The smallest absolute Gasteiger partial charge is 0.204 e. The molecule has 2 N–H and O–H groups in total. The van der Waals surface area contributed by atoms with Gasteiger partial charge in [-0.1, -0.05) is 15.9 Å². The summed E-state index contributed by atoms with van der Waals surface area (Å²) in [4.78, 5) is 8.22. The fraction of sp³-hybridized carbons (Fsp3) is 0.154. The third-order valence-electron chi connectivity index (χ3n) is 2.60. The monoisotopic (exact) mass is 333 g/mol. The molecule has 0 unspecified atom stereocenters. The average Bonchev–Trinajstić information content (AvgIpc) is 2.47. The molecule has 7 heteroatoms. The fourth-order valence-corrected chi connectivity index (χ4v) is 2.04. The van der Waals surface area contributed by atoms with E-state index in [9.17, 15) is 0 Å². The van der Waals surface area contributed by atoms with Crippen LogP contribution in [0.3, 0.4) is 0 Å². The van der Waals surface area contributed by atoms with E-state index in [1.165, 1.54) is 13.4 Å². The molecule has 1 heterocycles. The molecule has 2 rings (SSSR count). The maximum atomic E-state index is 9.13. The standard InChI is InChI=1S/C13H12BrN5O/c1-16-12-11(20-2)13(18-7-17-12)19-10-5-9(14)4-3-8(10)6-15/h3-5,7H,1-2H3,(H2,16,17,18,19). The van der Waals surface area contributed by atoms with Crippen LogP contribution in [-0.2, 0) is 0 Å². The SMILES string of the molecule is CNc1ncnc(Nc2cc(Br)ccc2C#N)c1OC. The van der Waals surface area contributed by atoms with Crippen molar-refractivity contribution in [2.75, 3.05) is 24.8 Å². The van der Waals surface area contributed by atoms with E-state index in [0.717, 1.165) is 4.47 Å². The van der Waals surface area contributed by atoms with Crippen molar-refractivity contribution < 1.29 is 4.74 Å². The van der Waals surface area contributed by atoms with E-state index in [4.69, 9.17) is 10.00 Å². The lowest BCUT2D eigenvalue weighted by Crippen LogP contribution is -2.04. The topological polar surface area (TPSA) is 82.9 Å². The van der Waals surface area contributed by atoms with Gasteiger partial charge in [-0.25, -0.2) is 9.97 Å². The molecule has 0 bridgehead atoms. The van der Waals surface area contributed by atoms with E-state index < -0.39 is 0 Å². The van der Waals surface area contributed by atoms with Crippen molar-refractivity contribution in [3.63, 3.8) is 0 Å². The predicted molar refractivity (Wildman–Crippen MR) is 80.3 cm³/mol. The lowest BCUT2D eigenvalue weighted by molar-refractivity contribution is 0.415. The Morgan fingerprint density at radius 2 is 2.05 bits per heavy atom. The minimum atomic E-state index is 0.485. The van der Waals surface area contributed by atoms with E-state index in [1.807, 2.05) is 0 Å². The first-order valence-electron chi connectivity index (χ1n) is 5.73. The highest BCUT2D eigenvalue weighted by atomic mass is 79.9. The number of methoxy groups -OCH3 is 1. The van der Waals surface area contributed by atoms with Gasteiger partial charge < -0.3 is 15.4 Å². The van der Waals surface area contributed by atoms with E-state index in [1.54, 1.807) is 25.2 Å². The molecule has 0 atom stereocenters. The highest BCUT2D eigenvalue weighted by Crippen LogP contribution is 2.32. The van der Waals surface area contributed by atoms with Gasteiger partial charge in [-0.2, -0.15) is 5.26 Å². The molecule has 1 aromatic heterocycles. The summed E-state index contributed by atoms with van der Waals surface area (Å²) in [6.45, 7) is 0. The number of aromatic nitrogens is 2. The number of nitrogens with zero attached hydrogens (tertiary/aromatic N) is 3. The largest absolute Gasteiger partial charge is 0.490 e. The highest BCUT2D eigenvalue weighted by molar-refractivity contribution is 9.10. The Bertz CT molecular complexity index is 668. The maximum absolute atomic E-state index is 9.13. The van der Waals surface area contributed by atoms with Crippen LogP contribution in [0.4, 0.5) is 17.3 Å². The molecule has 0 saturated heterocycles. The number of halogens is 1. The van der Waals surface area contributed by atoms with Crippen molar-refractivity contribution in [1.82, 2.24) is 9.97 Å². The van der Waals surface area contributed by atoms with Crippen molar-refractivity contribution >= 4 is 33.3 Å². The average molecular weight is 334 g/mol. The third-order valence-corrected chi connectivity index (χ3v) is 3.09. The second-order valence-corrected chi connectivity index (χ2v) is 4.70. The predicted octanol–water partition coefficient (Wildman–Crippen LogP) is 2.90. The van der Waals surface area contributed by atoms with Crippen LogP contribution in [0, 0.1) is 11.3 Å². The summed E-state index contributed by atoms with van der Waals surface area (Å²) in [7, 11) is 3.28. The number of benzene rings is 1. The van der Waals surface area contributed by atoms with Gasteiger partial charge in [0.15, 0.2) is 11.6 Å². The summed E-state index contributed by atoms with van der Waals surface area (Å²) in [6.07, 6.45) is 1.42. The minimum absolute atomic E-state index is 0.485. The Balaban J connectivity index is 2.45. The van der Waals surface area contributed by atoms with E-state index in [0.29, 0.717) is 28.6 Å². The molecule has 0 spiro atoms. The second kappa shape index (κ2) is 6.21. The Morgan fingerprint density at radius 1 is 1.30 bits per heavy atom. The first-order valence-corrected chi connectivity index (χ1v) is 6.52. The number of nitrogens with one attached hydrogen (secondary N) is 2. The number of rotatable bonds is 4. The molecular formula is C13H12BrN5O. The van der Waals surface area contributed by atoms with Gasteiger partial charge in [-0.3, -0.25) is 0 Å². The molecule has 0 aliphatic heterocycles. The van der Waals surface area contributed by atoms with Crippen LogP contribution in [0.5, 0.6) is 5.75 Å². The normalized spacial score (nSPS) is 9.70. The van der Waals surface area contributed by atoms with Crippen LogP contribution < -0.4 is 15.4 Å². The van der Waals surface area contributed by atoms with Crippen molar-refractivity contribution in [3.05, 3.63) is 34.6 Å². The van der Waals surface area contributed by atoms with Crippen LogP contribution in [0.15, 0.2) is 29.0 Å². The number of hydrogen-bond donors (Lipinski definition) is 2. The molecule has 0 fully saturated rings. The summed E-state index contributed by atoms with van der Waals surface area (Å²) in [6, 6.07) is 7.46. The van der Waals surface area contributed by atoms with Crippen molar-refractivity contribution in [2.45, 2.75) is 0 Å². The number of nitriles is 1. The van der Waals surface area contributed by atoms with Crippen molar-refractivity contribution in [1.29, 1.82) is 5.26 Å². The molecule has 0 radical (unpaired) electrons. The third kappa shape index (κ3) is 2.81. The zero-order valence-corrected chi connectivity index (χ0v) is 12.5. The molecule has 0 saturated carbocycles. The fourth-order valence-electron chi connectivity index (χ4n) is 1.68. The van der Waals surface area contributed by atoms with Crippen LogP contribution in [-0.4, -0.2) is 24.1 Å². The molecule has 2 aromatic rings. The summed E-state index contributed by atoms with van der Waals surface area (Å²) in [5, 5.41) is 15.1. The molecule has 0 amide bonds. The summed E-state index contributed by atoms with van der Waals surface area (Å²) in [5.74, 6) is 1.54.